The highest BCUT2D eigenvalue weighted by molar-refractivity contribution is 6.00. The Balaban J connectivity index is 2.12. The summed E-state index contributed by atoms with van der Waals surface area (Å²) >= 11 is 0. The van der Waals surface area contributed by atoms with E-state index in [2.05, 4.69) is 0 Å². The lowest BCUT2D eigenvalue weighted by Crippen LogP contribution is -2.20. The van der Waals surface area contributed by atoms with Crippen LogP contribution in [0.5, 0.6) is 0 Å². The molecule has 0 radical (unpaired) electrons. The molecule has 0 bridgehead atoms. The second-order valence-corrected chi connectivity index (χ2v) is 6.24. The number of hydrogen-bond acceptors (Lipinski definition) is 5. The molecule has 7 nitrogen and oxygen atoms in total. The van der Waals surface area contributed by atoms with Gasteiger partial charge in [0, 0.05) is 28.6 Å². The number of esters is 1. The van der Waals surface area contributed by atoms with Crippen molar-refractivity contribution in [1.29, 1.82) is 0 Å². The summed E-state index contributed by atoms with van der Waals surface area (Å²) in [6.07, 6.45) is -4.44. The summed E-state index contributed by atoms with van der Waals surface area (Å²) in [6.45, 7) is 2.39. The molecular formula is C18H17F3N2O5. The Kier molecular flexibility index (Phi) is 5.91. The molecule has 10 heteroatoms. The summed E-state index contributed by atoms with van der Waals surface area (Å²) in [5, 5.41) is 10.9. The number of Topliss-reactive ketones (excluding diaryl/α,β-unsaturated/α-hetero) is 1. The number of alkyl halides is 3. The summed E-state index contributed by atoms with van der Waals surface area (Å²) in [6, 6.07) is 5.04. The normalized spacial score (nSPS) is 11.4. The van der Waals surface area contributed by atoms with Gasteiger partial charge in [-0.25, -0.2) is 4.79 Å². The van der Waals surface area contributed by atoms with Crippen molar-refractivity contribution in [2.75, 3.05) is 6.61 Å². The quantitative estimate of drug-likeness (QED) is 0.318. The molecule has 0 saturated heterocycles. The van der Waals surface area contributed by atoms with E-state index in [1.807, 2.05) is 0 Å². The molecule has 0 fully saturated rings. The van der Waals surface area contributed by atoms with Crippen LogP contribution in [-0.2, 0) is 11.3 Å². The van der Waals surface area contributed by atoms with Crippen LogP contribution in [-0.4, -0.2) is 34.0 Å². The third-order valence-electron chi connectivity index (χ3n) is 4.19. The average molecular weight is 398 g/mol. The molecule has 1 aromatic heterocycles. The van der Waals surface area contributed by atoms with Crippen molar-refractivity contribution >= 4 is 17.4 Å². The van der Waals surface area contributed by atoms with Crippen LogP contribution >= 0.6 is 0 Å². The van der Waals surface area contributed by atoms with Crippen molar-refractivity contribution in [2.24, 2.45) is 0 Å². The van der Waals surface area contributed by atoms with Gasteiger partial charge in [-0.2, -0.15) is 13.2 Å². The Morgan fingerprint density at radius 3 is 2.39 bits per heavy atom. The van der Waals surface area contributed by atoms with Crippen LogP contribution in [0.4, 0.5) is 18.9 Å². The Morgan fingerprint density at radius 2 is 1.82 bits per heavy atom. The molecule has 0 aliphatic carbocycles. The number of nitrogens with zero attached hydrogens (tertiary/aromatic N) is 2. The zero-order valence-corrected chi connectivity index (χ0v) is 15.3. The van der Waals surface area contributed by atoms with E-state index >= 15 is 0 Å². The Morgan fingerprint density at radius 1 is 1.18 bits per heavy atom. The third-order valence-corrected chi connectivity index (χ3v) is 4.19. The van der Waals surface area contributed by atoms with Crippen LogP contribution in [0.3, 0.4) is 0 Å². The van der Waals surface area contributed by atoms with Gasteiger partial charge in [-0.15, -0.1) is 0 Å². The van der Waals surface area contributed by atoms with Gasteiger partial charge in [0.2, 0.25) is 5.78 Å². The van der Waals surface area contributed by atoms with Gasteiger partial charge in [-0.05, 0) is 32.9 Å². The highest BCUT2D eigenvalue weighted by Gasteiger charge is 2.30. The fraction of sp³-hybridized carbons (Fsp3) is 0.333. The highest BCUT2D eigenvalue weighted by Crippen LogP contribution is 2.24. The molecule has 1 aromatic carbocycles. The third kappa shape index (κ3) is 4.76. The first-order valence-corrected chi connectivity index (χ1v) is 8.09. The molecule has 0 aliphatic rings. The lowest BCUT2D eigenvalue weighted by atomic mass is 10.1. The number of nitro benzene ring substituents is 1. The molecule has 0 aliphatic heterocycles. The summed E-state index contributed by atoms with van der Waals surface area (Å²) in [4.78, 5) is 34.6. The smallest absolute Gasteiger partial charge is 0.406 e. The molecule has 0 atom stereocenters. The van der Waals surface area contributed by atoms with E-state index in [1.165, 1.54) is 39.0 Å². The number of hydrogen-bond donors (Lipinski definition) is 0. The summed E-state index contributed by atoms with van der Waals surface area (Å²) < 4.78 is 43.8. The van der Waals surface area contributed by atoms with E-state index < -0.39 is 36.0 Å². The van der Waals surface area contributed by atoms with Crippen LogP contribution < -0.4 is 0 Å². The monoisotopic (exact) mass is 398 g/mol. The van der Waals surface area contributed by atoms with Crippen molar-refractivity contribution in [3.05, 3.63) is 62.5 Å². The molecule has 0 unspecified atom stereocenters. The number of aryl methyl sites for hydroxylation is 2. The van der Waals surface area contributed by atoms with Crippen molar-refractivity contribution in [3.63, 3.8) is 0 Å². The molecule has 1 heterocycles. The molecule has 0 saturated carbocycles. The molecule has 0 amide bonds. The van der Waals surface area contributed by atoms with Crippen molar-refractivity contribution in [1.82, 2.24) is 4.57 Å². The molecule has 2 aromatic rings. The first-order chi connectivity index (χ1) is 12.9. The van der Waals surface area contributed by atoms with Gasteiger partial charge in [-0.3, -0.25) is 14.9 Å². The van der Waals surface area contributed by atoms with Gasteiger partial charge in [0.15, 0.2) is 6.61 Å². The van der Waals surface area contributed by atoms with E-state index in [-0.39, 0.29) is 28.2 Å². The number of aromatic nitrogens is 1. The van der Waals surface area contributed by atoms with Crippen molar-refractivity contribution in [3.8, 4) is 0 Å². The second kappa shape index (κ2) is 7.83. The summed E-state index contributed by atoms with van der Waals surface area (Å²) in [5.74, 6) is -1.61. The molecular weight excluding hydrogens is 381 g/mol. The molecule has 0 spiro atoms. The maximum Gasteiger partial charge on any atom is 0.406 e. The van der Waals surface area contributed by atoms with Gasteiger partial charge in [0.05, 0.1) is 10.5 Å². The van der Waals surface area contributed by atoms with Crippen molar-refractivity contribution in [2.45, 2.75) is 33.5 Å². The SMILES string of the molecule is Cc1ccc(C(=O)OCC(=O)c2cc(C)n(CC(F)(F)F)c2C)cc1[N+](=O)[O-]. The number of ether oxygens (including phenoxy) is 1. The maximum atomic E-state index is 12.6. The Labute approximate surface area is 157 Å². The van der Waals surface area contributed by atoms with E-state index in [0.717, 1.165) is 10.6 Å². The topological polar surface area (TPSA) is 91.4 Å². The minimum absolute atomic E-state index is 0.0180. The van der Waals surface area contributed by atoms with Gasteiger partial charge >= 0.3 is 12.1 Å². The van der Waals surface area contributed by atoms with E-state index in [4.69, 9.17) is 4.74 Å². The number of ketones is 1. The number of carbonyl (C=O) groups excluding carboxylic acids is 2. The fourth-order valence-electron chi connectivity index (χ4n) is 2.73. The predicted molar refractivity (Wildman–Crippen MR) is 92.4 cm³/mol. The van der Waals surface area contributed by atoms with Gasteiger partial charge < -0.3 is 9.30 Å². The standard InChI is InChI=1S/C18H17F3N2O5/c1-10-4-5-13(7-15(10)23(26)27)17(25)28-8-16(24)14-6-11(2)22(12(14)3)9-18(19,20)21/h4-7H,8-9H2,1-3H3. The van der Waals surface area contributed by atoms with Crippen LogP contribution in [0.1, 0.15) is 37.7 Å². The predicted octanol–water partition coefficient (Wildman–Crippen LogP) is 3.92. The van der Waals surface area contributed by atoms with Crippen LogP contribution in [0.2, 0.25) is 0 Å². The number of benzene rings is 1. The number of nitro groups is 1. The number of halogens is 3. The lowest BCUT2D eigenvalue weighted by Gasteiger charge is -2.12. The zero-order valence-electron chi connectivity index (χ0n) is 15.3. The van der Waals surface area contributed by atoms with E-state index in [0.29, 0.717) is 5.56 Å². The van der Waals surface area contributed by atoms with Crippen LogP contribution in [0.15, 0.2) is 24.3 Å². The molecule has 150 valence electrons. The fourth-order valence-corrected chi connectivity index (χ4v) is 2.73. The largest absolute Gasteiger partial charge is 0.454 e. The first kappa shape index (κ1) is 21.1. The first-order valence-electron chi connectivity index (χ1n) is 8.09. The van der Waals surface area contributed by atoms with Gasteiger partial charge in [-0.1, -0.05) is 6.07 Å². The summed E-state index contributed by atoms with van der Waals surface area (Å²) in [7, 11) is 0. The van der Waals surface area contributed by atoms with Crippen LogP contribution in [0, 0.1) is 30.9 Å². The van der Waals surface area contributed by atoms with E-state index in [1.54, 1.807) is 0 Å². The minimum atomic E-state index is -4.44. The maximum absolute atomic E-state index is 12.6. The second-order valence-electron chi connectivity index (χ2n) is 6.24. The number of carbonyl (C=O) groups is 2. The van der Waals surface area contributed by atoms with Gasteiger partial charge in [0.25, 0.3) is 5.69 Å². The highest BCUT2D eigenvalue weighted by atomic mass is 19.4. The molecule has 2 rings (SSSR count). The lowest BCUT2D eigenvalue weighted by molar-refractivity contribution is -0.385. The summed E-state index contributed by atoms with van der Waals surface area (Å²) in [5.41, 5.74) is 0.365. The molecule has 28 heavy (non-hydrogen) atoms. The Hall–Kier alpha value is -3.17. The zero-order chi connectivity index (χ0) is 21.2. The average Bonchev–Trinajstić information content (AvgIpc) is 2.86. The van der Waals surface area contributed by atoms with E-state index in [9.17, 15) is 32.9 Å². The van der Waals surface area contributed by atoms with Gasteiger partial charge in [0.1, 0.15) is 6.54 Å². The number of rotatable bonds is 6. The Bertz CT molecular complexity index is 947. The molecule has 0 N–H and O–H groups in total. The van der Waals surface area contributed by atoms with Crippen LogP contribution in [0.25, 0.3) is 0 Å². The minimum Gasteiger partial charge on any atom is -0.454 e. The van der Waals surface area contributed by atoms with Crippen molar-refractivity contribution < 1.29 is 32.4 Å².